The molecule has 0 aromatic heterocycles. The molecule has 1 amide bonds. The third kappa shape index (κ3) is 3.20. The number of hydrogen-bond acceptors (Lipinski definition) is 3. The molecule has 0 saturated carbocycles. The highest BCUT2D eigenvalue weighted by molar-refractivity contribution is 7.92. The Morgan fingerprint density at radius 2 is 1.70 bits per heavy atom. The minimum absolute atomic E-state index is 0.122. The summed E-state index contributed by atoms with van der Waals surface area (Å²) in [5.74, 6) is -0.723. The summed E-state index contributed by atoms with van der Waals surface area (Å²) in [5, 5.41) is 0. The van der Waals surface area contributed by atoms with Crippen LogP contribution in [-0.4, -0.2) is 37.1 Å². The van der Waals surface area contributed by atoms with Crippen LogP contribution in [0, 0.1) is 0 Å². The summed E-state index contributed by atoms with van der Waals surface area (Å²) in [7, 11) is -3.55. The normalized spacial score (nSPS) is 23.6. The zero-order valence-corrected chi connectivity index (χ0v) is 12.8. The summed E-state index contributed by atoms with van der Waals surface area (Å²) in [6, 6.07) is 8.41. The van der Waals surface area contributed by atoms with E-state index in [1.807, 2.05) is 13.8 Å². The highest BCUT2D eigenvalue weighted by atomic mass is 32.2. The van der Waals surface area contributed by atoms with E-state index >= 15 is 0 Å². The molecule has 0 spiro atoms. The van der Waals surface area contributed by atoms with Gasteiger partial charge in [0.1, 0.15) is 5.75 Å². The van der Waals surface area contributed by atoms with Crippen LogP contribution in [0.15, 0.2) is 35.2 Å². The van der Waals surface area contributed by atoms with Crippen LogP contribution in [-0.2, 0) is 14.6 Å². The van der Waals surface area contributed by atoms with E-state index in [9.17, 15) is 13.2 Å². The van der Waals surface area contributed by atoms with Gasteiger partial charge in [-0.1, -0.05) is 18.2 Å². The molecule has 2 unspecified atom stereocenters. The summed E-state index contributed by atoms with van der Waals surface area (Å²) in [6.07, 6.45) is 2.99. The predicted molar refractivity (Wildman–Crippen MR) is 78.1 cm³/mol. The largest absolute Gasteiger partial charge is 0.336 e. The van der Waals surface area contributed by atoms with Gasteiger partial charge < -0.3 is 4.90 Å². The van der Waals surface area contributed by atoms with Gasteiger partial charge in [-0.15, -0.1) is 0 Å². The number of nitrogens with zero attached hydrogens (tertiary/aromatic N) is 1. The van der Waals surface area contributed by atoms with Crippen molar-refractivity contribution in [3.63, 3.8) is 0 Å². The molecular weight excluding hydrogens is 274 g/mol. The zero-order valence-electron chi connectivity index (χ0n) is 12.0. The predicted octanol–water partition coefficient (Wildman–Crippen LogP) is 2.25. The topological polar surface area (TPSA) is 54.5 Å². The Morgan fingerprint density at radius 3 is 2.25 bits per heavy atom. The number of rotatable bonds is 3. The Labute approximate surface area is 120 Å². The van der Waals surface area contributed by atoms with Crippen LogP contribution in [0.5, 0.6) is 0 Å². The van der Waals surface area contributed by atoms with Crippen molar-refractivity contribution in [2.75, 3.05) is 5.75 Å². The van der Waals surface area contributed by atoms with Gasteiger partial charge in [-0.05, 0) is 45.2 Å². The molecule has 1 aliphatic rings. The molecule has 1 aliphatic heterocycles. The van der Waals surface area contributed by atoms with Gasteiger partial charge in [-0.2, -0.15) is 0 Å². The summed E-state index contributed by atoms with van der Waals surface area (Å²) in [6.45, 7) is 3.98. The van der Waals surface area contributed by atoms with Crippen molar-refractivity contribution >= 4 is 15.7 Å². The van der Waals surface area contributed by atoms with Gasteiger partial charge in [0, 0.05) is 12.1 Å². The van der Waals surface area contributed by atoms with Crippen molar-refractivity contribution in [2.45, 2.75) is 50.1 Å². The van der Waals surface area contributed by atoms with Crippen molar-refractivity contribution in [2.24, 2.45) is 0 Å². The van der Waals surface area contributed by atoms with Crippen molar-refractivity contribution in [1.82, 2.24) is 4.90 Å². The maximum Gasteiger partial charge on any atom is 0.238 e. The lowest BCUT2D eigenvalue weighted by Gasteiger charge is -2.39. The molecule has 0 bridgehead atoms. The number of benzene rings is 1. The Morgan fingerprint density at radius 1 is 1.15 bits per heavy atom. The fourth-order valence-corrected chi connectivity index (χ4v) is 4.07. The van der Waals surface area contributed by atoms with Crippen LogP contribution < -0.4 is 0 Å². The Kier molecular flexibility index (Phi) is 4.48. The number of hydrogen-bond donors (Lipinski definition) is 0. The highest BCUT2D eigenvalue weighted by Gasteiger charge is 2.31. The second-order valence-electron chi connectivity index (χ2n) is 5.50. The molecule has 1 aromatic rings. The van der Waals surface area contributed by atoms with Crippen LogP contribution in [0.3, 0.4) is 0 Å². The van der Waals surface area contributed by atoms with Crippen LogP contribution >= 0.6 is 0 Å². The highest BCUT2D eigenvalue weighted by Crippen LogP contribution is 2.23. The minimum atomic E-state index is -3.55. The van der Waals surface area contributed by atoms with Crippen LogP contribution in [0.2, 0.25) is 0 Å². The van der Waals surface area contributed by atoms with Gasteiger partial charge in [-0.25, -0.2) is 8.42 Å². The first-order valence-corrected chi connectivity index (χ1v) is 8.66. The smallest absolute Gasteiger partial charge is 0.238 e. The lowest BCUT2D eigenvalue weighted by Crippen LogP contribution is -2.49. The molecule has 0 N–H and O–H groups in total. The third-order valence-corrected chi connectivity index (χ3v) is 5.51. The maximum atomic E-state index is 12.4. The Hall–Kier alpha value is -1.36. The molecule has 4 nitrogen and oxygen atoms in total. The maximum absolute atomic E-state index is 12.4. The average molecular weight is 295 g/mol. The fraction of sp³-hybridized carbons (Fsp3) is 0.533. The van der Waals surface area contributed by atoms with Crippen molar-refractivity contribution < 1.29 is 13.2 Å². The quantitative estimate of drug-likeness (QED) is 0.859. The van der Waals surface area contributed by atoms with Gasteiger partial charge in [0.2, 0.25) is 5.91 Å². The van der Waals surface area contributed by atoms with Crippen LogP contribution in [0.4, 0.5) is 0 Å². The first-order chi connectivity index (χ1) is 9.42. The van der Waals surface area contributed by atoms with Crippen LogP contribution in [0.25, 0.3) is 0 Å². The van der Waals surface area contributed by atoms with E-state index in [0.717, 1.165) is 19.3 Å². The zero-order chi connectivity index (χ0) is 14.8. The first-order valence-electron chi connectivity index (χ1n) is 7.01. The fourth-order valence-electron chi connectivity index (χ4n) is 2.86. The monoisotopic (exact) mass is 295 g/mol. The van der Waals surface area contributed by atoms with Gasteiger partial charge in [0.05, 0.1) is 4.90 Å². The molecule has 2 atom stereocenters. The van der Waals surface area contributed by atoms with Crippen molar-refractivity contribution in [1.29, 1.82) is 0 Å². The van der Waals surface area contributed by atoms with Crippen molar-refractivity contribution in [3.8, 4) is 0 Å². The van der Waals surface area contributed by atoms with E-state index < -0.39 is 15.6 Å². The molecular formula is C15H21NO3S. The number of likely N-dealkylation sites (tertiary alicyclic amines) is 1. The standard InChI is InChI=1S/C15H21NO3S/c1-12-7-6-8-13(2)16(12)15(17)11-20(18,19)14-9-4-3-5-10-14/h3-5,9-10,12-13H,6-8,11H2,1-2H3. The first kappa shape index (κ1) is 15.0. The lowest BCUT2D eigenvalue weighted by molar-refractivity contribution is -0.134. The van der Waals surface area contributed by atoms with E-state index in [4.69, 9.17) is 0 Å². The molecule has 1 fully saturated rings. The number of sulfone groups is 1. The molecule has 1 heterocycles. The summed E-state index contributed by atoms with van der Waals surface area (Å²) >= 11 is 0. The lowest BCUT2D eigenvalue weighted by atomic mass is 9.98. The molecule has 1 saturated heterocycles. The molecule has 1 aromatic carbocycles. The average Bonchev–Trinajstić information content (AvgIpc) is 2.39. The summed E-state index contributed by atoms with van der Waals surface area (Å²) < 4.78 is 24.5. The second kappa shape index (κ2) is 5.95. The van der Waals surface area contributed by atoms with E-state index in [2.05, 4.69) is 0 Å². The van der Waals surface area contributed by atoms with Gasteiger partial charge >= 0.3 is 0 Å². The van der Waals surface area contributed by atoms with Crippen molar-refractivity contribution in [3.05, 3.63) is 30.3 Å². The number of carbonyl (C=O) groups excluding carboxylic acids is 1. The van der Waals surface area contributed by atoms with Gasteiger partial charge in [0.15, 0.2) is 9.84 Å². The number of amides is 1. The van der Waals surface area contributed by atoms with E-state index in [1.165, 1.54) is 12.1 Å². The van der Waals surface area contributed by atoms with Crippen LogP contribution in [0.1, 0.15) is 33.1 Å². The molecule has 0 radical (unpaired) electrons. The number of carbonyl (C=O) groups is 1. The summed E-state index contributed by atoms with van der Waals surface area (Å²) in [5.41, 5.74) is 0. The molecule has 2 rings (SSSR count). The third-order valence-electron chi connectivity index (χ3n) is 3.90. The van der Waals surface area contributed by atoms with E-state index in [1.54, 1.807) is 23.1 Å². The van der Waals surface area contributed by atoms with E-state index in [0.29, 0.717) is 0 Å². The summed E-state index contributed by atoms with van der Waals surface area (Å²) in [4.78, 5) is 14.3. The SMILES string of the molecule is CC1CCCC(C)N1C(=O)CS(=O)(=O)c1ccccc1. The molecule has 20 heavy (non-hydrogen) atoms. The Bertz CT molecular complexity index is 558. The van der Waals surface area contributed by atoms with Gasteiger partial charge in [0.25, 0.3) is 0 Å². The molecule has 5 heteroatoms. The second-order valence-corrected chi connectivity index (χ2v) is 7.49. The minimum Gasteiger partial charge on any atom is -0.336 e. The van der Waals surface area contributed by atoms with E-state index in [-0.39, 0.29) is 22.9 Å². The van der Waals surface area contributed by atoms with Gasteiger partial charge in [-0.3, -0.25) is 4.79 Å². The molecule has 0 aliphatic carbocycles. The Balaban J connectivity index is 2.15. The number of piperidine rings is 1. The molecule has 110 valence electrons.